The average Bonchev–Trinajstić information content (AvgIpc) is 2.28. The number of aliphatic hydroxyl groups is 2. The molecule has 1 fully saturated rings. The van der Waals surface area contributed by atoms with Crippen molar-refractivity contribution >= 4 is 0 Å². The van der Waals surface area contributed by atoms with Crippen LogP contribution in [0.2, 0.25) is 0 Å². The van der Waals surface area contributed by atoms with E-state index in [1.54, 1.807) is 0 Å². The summed E-state index contributed by atoms with van der Waals surface area (Å²) in [6.45, 7) is -0.306. The van der Waals surface area contributed by atoms with Gasteiger partial charge in [0.05, 0.1) is 0 Å². The van der Waals surface area contributed by atoms with Gasteiger partial charge in [-0.2, -0.15) is 0 Å². The summed E-state index contributed by atoms with van der Waals surface area (Å²) in [7, 11) is 0. The van der Waals surface area contributed by atoms with Gasteiger partial charge in [-0.15, -0.1) is 0 Å². The first-order valence-corrected chi connectivity index (χ1v) is 3.82. The molecule has 1 saturated carbocycles. The lowest BCUT2D eigenvalue weighted by molar-refractivity contribution is 0.0995. The lowest BCUT2D eigenvalue weighted by Gasteiger charge is -2.15. The van der Waals surface area contributed by atoms with Crippen LogP contribution in [0.25, 0.3) is 0 Å². The molecule has 4 N–H and O–H groups in total. The van der Waals surface area contributed by atoms with Crippen LogP contribution in [0, 0.1) is 11.8 Å². The van der Waals surface area contributed by atoms with Crippen LogP contribution in [0.15, 0.2) is 0 Å². The number of alkyl halides is 1. The van der Waals surface area contributed by atoms with E-state index in [-0.39, 0.29) is 19.1 Å². The van der Waals surface area contributed by atoms with Crippen LogP contribution in [-0.2, 0) is 0 Å². The van der Waals surface area contributed by atoms with Crippen LogP contribution < -0.4 is 5.73 Å². The van der Waals surface area contributed by atoms with Crippen LogP contribution in [0.3, 0.4) is 0 Å². The third-order valence-corrected chi connectivity index (χ3v) is 2.44. The minimum absolute atomic E-state index is 0.0840. The summed E-state index contributed by atoms with van der Waals surface area (Å²) in [6, 6.07) is -0.510. The lowest BCUT2D eigenvalue weighted by Crippen LogP contribution is -2.30. The van der Waals surface area contributed by atoms with Gasteiger partial charge in [0.25, 0.3) is 0 Å². The number of hydrogen-bond acceptors (Lipinski definition) is 3. The normalized spacial score (nSPS) is 44.7. The standard InChI is InChI=1S/C7H14FNO2/c8-7-5(3-11)4(2-10)1-6(7)9/h4-7,10-11H,1-3,9H2/t4-,5-,6+,7-/m1/s1. The first-order valence-electron chi connectivity index (χ1n) is 3.82. The van der Waals surface area contributed by atoms with Gasteiger partial charge in [0, 0.05) is 25.2 Å². The molecule has 0 spiro atoms. The maximum Gasteiger partial charge on any atom is 0.120 e. The highest BCUT2D eigenvalue weighted by atomic mass is 19.1. The van der Waals surface area contributed by atoms with Gasteiger partial charge in [-0.25, -0.2) is 4.39 Å². The third kappa shape index (κ3) is 1.52. The number of rotatable bonds is 2. The van der Waals surface area contributed by atoms with Gasteiger partial charge in [-0.05, 0) is 12.3 Å². The Morgan fingerprint density at radius 1 is 1.36 bits per heavy atom. The lowest BCUT2D eigenvalue weighted by atomic mass is 9.97. The molecule has 0 saturated heterocycles. The van der Waals surface area contributed by atoms with Gasteiger partial charge in [0.15, 0.2) is 0 Å². The molecule has 0 aromatic heterocycles. The number of hydrogen-bond donors (Lipinski definition) is 3. The fraction of sp³-hybridized carbons (Fsp3) is 1.00. The highest BCUT2D eigenvalue weighted by Gasteiger charge is 2.40. The van der Waals surface area contributed by atoms with Crippen molar-refractivity contribution in [1.82, 2.24) is 0 Å². The molecule has 0 aromatic carbocycles. The van der Waals surface area contributed by atoms with E-state index in [1.807, 2.05) is 0 Å². The van der Waals surface area contributed by atoms with E-state index in [1.165, 1.54) is 0 Å². The van der Waals surface area contributed by atoms with E-state index >= 15 is 0 Å². The zero-order valence-corrected chi connectivity index (χ0v) is 6.28. The van der Waals surface area contributed by atoms with E-state index in [2.05, 4.69) is 0 Å². The molecular formula is C7H14FNO2. The monoisotopic (exact) mass is 163 g/mol. The van der Waals surface area contributed by atoms with Gasteiger partial charge in [-0.1, -0.05) is 0 Å². The second kappa shape index (κ2) is 3.47. The Morgan fingerprint density at radius 3 is 2.36 bits per heavy atom. The quantitative estimate of drug-likeness (QED) is 0.503. The molecule has 0 heterocycles. The summed E-state index contributed by atoms with van der Waals surface area (Å²) in [6.07, 6.45) is -0.680. The molecule has 11 heavy (non-hydrogen) atoms. The first kappa shape index (κ1) is 8.90. The molecular weight excluding hydrogens is 149 g/mol. The van der Waals surface area contributed by atoms with Crippen molar-refractivity contribution in [3.8, 4) is 0 Å². The number of nitrogens with two attached hydrogens (primary N) is 1. The summed E-state index contributed by atoms with van der Waals surface area (Å²) in [5.41, 5.74) is 5.41. The van der Waals surface area contributed by atoms with E-state index in [0.29, 0.717) is 6.42 Å². The van der Waals surface area contributed by atoms with Crippen molar-refractivity contribution in [3.63, 3.8) is 0 Å². The van der Waals surface area contributed by atoms with E-state index in [9.17, 15) is 4.39 Å². The van der Waals surface area contributed by atoms with Crippen LogP contribution in [0.5, 0.6) is 0 Å². The van der Waals surface area contributed by atoms with Crippen LogP contribution >= 0.6 is 0 Å². The number of aliphatic hydroxyl groups excluding tert-OH is 2. The minimum Gasteiger partial charge on any atom is -0.396 e. The van der Waals surface area contributed by atoms with E-state index in [4.69, 9.17) is 15.9 Å². The first-order chi connectivity index (χ1) is 5.20. The second-order valence-electron chi connectivity index (χ2n) is 3.13. The summed E-state index contributed by atoms with van der Waals surface area (Å²) < 4.78 is 13.0. The van der Waals surface area contributed by atoms with Crippen molar-refractivity contribution in [2.45, 2.75) is 18.6 Å². The van der Waals surface area contributed by atoms with Crippen molar-refractivity contribution < 1.29 is 14.6 Å². The van der Waals surface area contributed by atoms with Gasteiger partial charge in [0.2, 0.25) is 0 Å². The van der Waals surface area contributed by atoms with Crippen molar-refractivity contribution in [3.05, 3.63) is 0 Å². The second-order valence-corrected chi connectivity index (χ2v) is 3.13. The Kier molecular flexibility index (Phi) is 2.81. The Hall–Kier alpha value is -0.190. The predicted octanol–water partition coefficient (Wildman–Crippen LogP) is -0.728. The topological polar surface area (TPSA) is 66.5 Å². The number of halogens is 1. The van der Waals surface area contributed by atoms with E-state index < -0.39 is 18.1 Å². The van der Waals surface area contributed by atoms with Crippen molar-refractivity contribution in [2.75, 3.05) is 13.2 Å². The third-order valence-electron chi connectivity index (χ3n) is 2.44. The van der Waals surface area contributed by atoms with Gasteiger partial charge < -0.3 is 15.9 Å². The maximum atomic E-state index is 13.0. The summed E-state index contributed by atoms with van der Waals surface area (Å²) >= 11 is 0. The van der Waals surface area contributed by atoms with E-state index in [0.717, 1.165) is 0 Å². The maximum absolute atomic E-state index is 13.0. The molecule has 3 nitrogen and oxygen atoms in total. The largest absolute Gasteiger partial charge is 0.396 e. The zero-order chi connectivity index (χ0) is 8.43. The van der Waals surface area contributed by atoms with Crippen LogP contribution in [-0.4, -0.2) is 35.6 Å². The molecule has 1 aliphatic carbocycles. The van der Waals surface area contributed by atoms with Gasteiger partial charge >= 0.3 is 0 Å². The summed E-state index contributed by atoms with van der Waals surface area (Å²) in [5.74, 6) is -0.625. The molecule has 0 radical (unpaired) electrons. The fourth-order valence-electron chi connectivity index (χ4n) is 1.69. The Morgan fingerprint density at radius 2 is 2.00 bits per heavy atom. The SMILES string of the molecule is N[C@H]1C[C@H](CO)[C@@H](CO)[C@H]1F. The predicted molar refractivity (Wildman–Crippen MR) is 38.6 cm³/mol. The molecule has 0 amide bonds. The molecule has 0 aromatic rings. The average molecular weight is 163 g/mol. The smallest absolute Gasteiger partial charge is 0.120 e. The molecule has 4 atom stereocenters. The van der Waals surface area contributed by atoms with Gasteiger partial charge in [-0.3, -0.25) is 0 Å². The van der Waals surface area contributed by atoms with Crippen LogP contribution in [0.1, 0.15) is 6.42 Å². The minimum atomic E-state index is -1.16. The molecule has 1 rings (SSSR count). The molecule has 0 bridgehead atoms. The molecule has 0 unspecified atom stereocenters. The molecule has 1 aliphatic rings. The molecule has 4 heteroatoms. The Bertz CT molecular complexity index is 134. The summed E-state index contributed by atoms with van der Waals surface area (Å²) in [4.78, 5) is 0. The Labute approximate surface area is 65.0 Å². The van der Waals surface area contributed by atoms with Crippen molar-refractivity contribution in [2.24, 2.45) is 17.6 Å². The molecule has 66 valence electrons. The fourth-order valence-corrected chi connectivity index (χ4v) is 1.69. The van der Waals surface area contributed by atoms with Gasteiger partial charge in [0.1, 0.15) is 6.17 Å². The molecule has 0 aliphatic heterocycles. The zero-order valence-electron chi connectivity index (χ0n) is 6.28. The summed E-state index contributed by atoms with van der Waals surface area (Å²) in [5, 5.41) is 17.5. The highest BCUT2D eigenvalue weighted by Crippen LogP contribution is 2.32. The van der Waals surface area contributed by atoms with Crippen molar-refractivity contribution in [1.29, 1.82) is 0 Å². The van der Waals surface area contributed by atoms with Crippen LogP contribution in [0.4, 0.5) is 4.39 Å². The highest BCUT2D eigenvalue weighted by molar-refractivity contribution is 4.92. The Balaban J connectivity index is 2.57.